The lowest BCUT2D eigenvalue weighted by atomic mass is 9.94. The number of pyridine rings is 2. The highest BCUT2D eigenvalue weighted by molar-refractivity contribution is 6.34. The van der Waals surface area contributed by atoms with Gasteiger partial charge in [0, 0.05) is 40.2 Å². The minimum atomic E-state index is -0.593. The molecule has 192 valence electrons. The van der Waals surface area contributed by atoms with Crippen molar-refractivity contribution in [2.24, 2.45) is 7.05 Å². The summed E-state index contributed by atoms with van der Waals surface area (Å²) in [6, 6.07) is 19.9. The van der Waals surface area contributed by atoms with Gasteiger partial charge in [0.15, 0.2) is 0 Å². The number of nitrogens with one attached hydrogen (secondary N) is 2. The molecule has 0 aliphatic heterocycles. The lowest BCUT2D eigenvalue weighted by molar-refractivity contribution is 0.262. The Balaban J connectivity index is 1.69. The average Bonchev–Trinajstić information content (AvgIpc) is 2.92. The van der Waals surface area contributed by atoms with Crippen molar-refractivity contribution in [2.45, 2.75) is 19.8 Å². The first kappa shape index (κ1) is 25.3. The van der Waals surface area contributed by atoms with E-state index in [1.807, 2.05) is 42.5 Å². The molecule has 0 saturated heterocycles. The van der Waals surface area contributed by atoms with Crippen LogP contribution < -0.4 is 20.9 Å². The SMILES string of the molecule is COc1ccc2ncccc2c1NC(=O)Nc1c(-c2ccccc2Cl)c2cc(C(C)C)ccc2n(C)c1=O. The van der Waals surface area contributed by atoms with E-state index in [9.17, 15) is 9.59 Å². The number of urea groups is 1. The molecule has 7 nitrogen and oxygen atoms in total. The topological polar surface area (TPSA) is 85.2 Å². The number of aryl methyl sites for hydroxylation is 1. The zero-order valence-corrected chi connectivity index (χ0v) is 22.3. The van der Waals surface area contributed by atoms with Crippen LogP contribution in [0.1, 0.15) is 25.3 Å². The number of nitrogens with zero attached hydrogens (tertiary/aromatic N) is 2. The quantitative estimate of drug-likeness (QED) is 0.254. The van der Waals surface area contributed by atoms with E-state index in [4.69, 9.17) is 16.3 Å². The Hall–Kier alpha value is -4.36. The van der Waals surface area contributed by atoms with Crippen LogP contribution in [0, 0.1) is 0 Å². The van der Waals surface area contributed by atoms with Crippen molar-refractivity contribution < 1.29 is 9.53 Å². The minimum absolute atomic E-state index is 0.129. The summed E-state index contributed by atoms with van der Waals surface area (Å²) in [5, 5.41) is 7.70. The zero-order valence-electron chi connectivity index (χ0n) is 21.5. The second-order valence-corrected chi connectivity index (χ2v) is 9.72. The van der Waals surface area contributed by atoms with Crippen molar-refractivity contribution in [3.63, 3.8) is 0 Å². The number of methoxy groups -OCH3 is 1. The first-order valence-corrected chi connectivity index (χ1v) is 12.6. The third-order valence-corrected chi connectivity index (χ3v) is 7.00. The van der Waals surface area contributed by atoms with Gasteiger partial charge in [0.05, 0.1) is 23.8 Å². The molecule has 2 heterocycles. The van der Waals surface area contributed by atoms with Crippen LogP contribution >= 0.6 is 11.6 Å². The maximum atomic E-state index is 13.7. The number of hydrogen-bond donors (Lipinski definition) is 2. The number of amides is 2. The Morgan fingerprint density at radius 2 is 1.74 bits per heavy atom. The lowest BCUT2D eigenvalue weighted by Crippen LogP contribution is -2.28. The Morgan fingerprint density at radius 1 is 0.974 bits per heavy atom. The number of carbonyl (C=O) groups is 1. The normalized spacial score (nSPS) is 11.2. The van der Waals surface area contributed by atoms with E-state index in [0.29, 0.717) is 38.5 Å². The Labute approximate surface area is 225 Å². The first-order chi connectivity index (χ1) is 18.3. The maximum absolute atomic E-state index is 13.7. The van der Waals surface area contributed by atoms with E-state index < -0.39 is 6.03 Å². The number of rotatable bonds is 5. The second kappa shape index (κ2) is 10.2. The van der Waals surface area contributed by atoms with E-state index >= 15 is 0 Å². The van der Waals surface area contributed by atoms with E-state index in [-0.39, 0.29) is 17.2 Å². The standard InChI is InChI=1S/C30H27ClN4O3/c1-17(2)18-11-13-24-21(16-18)26(19-8-5-6-10-22(19)31)28(29(36)35(24)3)34-30(37)33-27-20-9-7-15-32-23(20)12-14-25(27)38-4/h5-17H,1-4H3,(H2,33,34,37). The molecule has 38 heavy (non-hydrogen) atoms. The van der Waals surface area contributed by atoms with Crippen molar-refractivity contribution in [3.8, 4) is 16.9 Å². The molecule has 2 amide bonds. The van der Waals surface area contributed by atoms with Gasteiger partial charge >= 0.3 is 6.03 Å². The van der Waals surface area contributed by atoms with Gasteiger partial charge in [0.25, 0.3) is 5.56 Å². The lowest BCUT2D eigenvalue weighted by Gasteiger charge is -2.19. The number of aromatic nitrogens is 2. The Morgan fingerprint density at radius 3 is 2.47 bits per heavy atom. The summed E-state index contributed by atoms with van der Waals surface area (Å²) in [5.41, 5.74) is 3.99. The van der Waals surface area contributed by atoms with Crippen molar-refractivity contribution in [3.05, 3.63) is 93.9 Å². The van der Waals surface area contributed by atoms with Gasteiger partial charge in [0.1, 0.15) is 11.4 Å². The highest BCUT2D eigenvalue weighted by Crippen LogP contribution is 2.39. The molecule has 0 aliphatic carbocycles. The molecule has 0 atom stereocenters. The molecular formula is C30H27ClN4O3. The molecule has 8 heteroatoms. The molecule has 0 unspecified atom stereocenters. The van der Waals surface area contributed by atoms with Gasteiger partial charge in [-0.3, -0.25) is 9.78 Å². The van der Waals surface area contributed by atoms with E-state index in [1.165, 1.54) is 11.7 Å². The van der Waals surface area contributed by atoms with Gasteiger partial charge in [-0.25, -0.2) is 4.79 Å². The van der Waals surface area contributed by atoms with Crippen molar-refractivity contribution >= 4 is 50.8 Å². The molecule has 0 aliphatic rings. The van der Waals surface area contributed by atoms with Crippen molar-refractivity contribution in [1.82, 2.24) is 9.55 Å². The van der Waals surface area contributed by atoms with Gasteiger partial charge < -0.3 is 19.9 Å². The fraction of sp³-hybridized carbons (Fsp3) is 0.167. The zero-order chi connectivity index (χ0) is 27.0. The Kier molecular flexibility index (Phi) is 6.78. The first-order valence-electron chi connectivity index (χ1n) is 12.2. The van der Waals surface area contributed by atoms with Crippen LogP contribution in [-0.2, 0) is 7.05 Å². The summed E-state index contributed by atoms with van der Waals surface area (Å²) in [7, 11) is 3.22. The number of anilines is 2. The monoisotopic (exact) mass is 526 g/mol. The second-order valence-electron chi connectivity index (χ2n) is 9.32. The molecule has 5 aromatic rings. The highest BCUT2D eigenvalue weighted by atomic mass is 35.5. The predicted octanol–water partition coefficient (Wildman–Crippen LogP) is 7.18. The number of ether oxygens (including phenoxy) is 1. The molecule has 2 N–H and O–H groups in total. The van der Waals surface area contributed by atoms with Crippen LogP contribution in [0.15, 0.2) is 77.7 Å². The molecule has 3 aromatic carbocycles. The molecule has 5 rings (SSSR count). The average molecular weight is 527 g/mol. The maximum Gasteiger partial charge on any atom is 0.323 e. The fourth-order valence-electron chi connectivity index (χ4n) is 4.67. The smallest absolute Gasteiger partial charge is 0.323 e. The van der Waals surface area contributed by atoms with Gasteiger partial charge in [-0.05, 0) is 53.9 Å². The molecule has 0 radical (unpaired) electrons. The van der Waals surface area contributed by atoms with Crippen LogP contribution in [-0.4, -0.2) is 22.7 Å². The number of halogens is 1. The summed E-state index contributed by atoms with van der Waals surface area (Å²) in [5.74, 6) is 0.739. The fourth-order valence-corrected chi connectivity index (χ4v) is 4.90. The largest absolute Gasteiger partial charge is 0.495 e. The Bertz CT molecular complexity index is 1760. The van der Waals surface area contributed by atoms with Crippen molar-refractivity contribution in [1.29, 1.82) is 0 Å². The van der Waals surface area contributed by atoms with Crippen LogP contribution in [0.4, 0.5) is 16.2 Å². The summed E-state index contributed by atoms with van der Waals surface area (Å²) in [6.07, 6.45) is 1.68. The third-order valence-electron chi connectivity index (χ3n) is 6.67. The van der Waals surface area contributed by atoms with Crippen LogP contribution in [0.25, 0.3) is 32.9 Å². The number of carbonyl (C=O) groups excluding carboxylic acids is 1. The molecular weight excluding hydrogens is 500 g/mol. The van der Waals surface area contributed by atoms with Gasteiger partial charge in [0.2, 0.25) is 0 Å². The van der Waals surface area contributed by atoms with Gasteiger partial charge in [-0.15, -0.1) is 0 Å². The van der Waals surface area contributed by atoms with E-state index in [0.717, 1.165) is 16.5 Å². The molecule has 0 bridgehead atoms. The van der Waals surface area contributed by atoms with Crippen LogP contribution in [0.5, 0.6) is 5.75 Å². The summed E-state index contributed by atoms with van der Waals surface area (Å²) in [6.45, 7) is 4.22. The van der Waals surface area contributed by atoms with Crippen LogP contribution in [0.2, 0.25) is 5.02 Å². The predicted molar refractivity (Wildman–Crippen MR) is 155 cm³/mol. The summed E-state index contributed by atoms with van der Waals surface area (Å²) >= 11 is 6.64. The number of hydrogen-bond acceptors (Lipinski definition) is 4. The molecule has 2 aromatic heterocycles. The number of fused-ring (bicyclic) bond motifs is 2. The summed E-state index contributed by atoms with van der Waals surface area (Å²) < 4.78 is 7.04. The minimum Gasteiger partial charge on any atom is -0.495 e. The van der Waals surface area contributed by atoms with E-state index in [2.05, 4.69) is 35.5 Å². The van der Waals surface area contributed by atoms with Crippen LogP contribution in [0.3, 0.4) is 0 Å². The van der Waals surface area contributed by atoms with E-state index in [1.54, 1.807) is 31.4 Å². The summed E-state index contributed by atoms with van der Waals surface area (Å²) in [4.78, 5) is 31.5. The van der Waals surface area contributed by atoms with Gasteiger partial charge in [-0.2, -0.15) is 0 Å². The highest BCUT2D eigenvalue weighted by Gasteiger charge is 2.22. The van der Waals surface area contributed by atoms with Gasteiger partial charge in [-0.1, -0.05) is 49.7 Å². The molecule has 0 spiro atoms. The molecule has 0 fully saturated rings. The van der Waals surface area contributed by atoms with Crippen molar-refractivity contribution in [2.75, 3.05) is 17.7 Å². The third kappa shape index (κ3) is 4.46. The molecule has 0 saturated carbocycles. The number of benzene rings is 3.